The highest BCUT2D eigenvalue weighted by Gasteiger charge is 2.07. The molecule has 0 radical (unpaired) electrons. The van der Waals surface area contributed by atoms with Crippen molar-refractivity contribution in [2.75, 3.05) is 6.54 Å². The second-order valence-electron chi connectivity index (χ2n) is 5.27. The number of hydrogen-bond acceptors (Lipinski definition) is 5. The molecule has 0 aliphatic carbocycles. The Morgan fingerprint density at radius 3 is 2.64 bits per heavy atom. The molecule has 0 spiro atoms. The molecule has 2 aromatic rings. The summed E-state index contributed by atoms with van der Waals surface area (Å²) in [6.07, 6.45) is 3.43. The van der Waals surface area contributed by atoms with Crippen LogP contribution in [0, 0.1) is 10.1 Å². The van der Waals surface area contributed by atoms with Crippen molar-refractivity contribution < 1.29 is 14.8 Å². The number of aromatic nitrogens is 1. The minimum atomic E-state index is -0.906. The molecule has 1 heterocycles. The molecule has 8 nitrogen and oxygen atoms in total. The number of hydrogen-bond donors (Lipinski definition) is 2. The van der Waals surface area contributed by atoms with Crippen molar-refractivity contribution in [3.8, 4) is 0 Å². The minimum Gasteiger partial charge on any atom is -0.389 e. The van der Waals surface area contributed by atoms with E-state index in [0.29, 0.717) is 5.56 Å². The number of nitrogens with zero attached hydrogens (tertiary/aromatic N) is 2. The van der Waals surface area contributed by atoms with Crippen LogP contribution in [0.3, 0.4) is 0 Å². The van der Waals surface area contributed by atoms with Crippen LogP contribution in [-0.2, 0) is 11.3 Å². The third-order valence-corrected chi connectivity index (χ3v) is 3.35. The molecule has 1 aromatic carbocycles. The average molecular weight is 343 g/mol. The number of carbonyl (C=O) groups excluding carboxylic acids is 1. The van der Waals surface area contributed by atoms with Crippen LogP contribution in [0.15, 0.2) is 59.5 Å². The molecule has 25 heavy (non-hydrogen) atoms. The van der Waals surface area contributed by atoms with Gasteiger partial charge in [0.15, 0.2) is 0 Å². The quantitative estimate of drug-likeness (QED) is 0.441. The lowest BCUT2D eigenvalue weighted by atomic mass is 10.2. The summed E-state index contributed by atoms with van der Waals surface area (Å²) in [5, 5.41) is 23.0. The van der Waals surface area contributed by atoms with Crippen LogP contribution in [0.4, 0.5) is 5.69 Å². The first-order chi connectivity index (χ1) is 12.0. The minimum absolute atomic E-state index is 0.00916. The van der Waals surface area contributed by atoms with Crippen molar-refractivity contribution in [3.05, 3.63) is 80.8 Å². The first-order valence-corrected chi connectivity index (χ1v) is 7.49. The van der Waals surface area contributed by atoms with Gasteiger partial charge in [-0.05, 0) is 29.8 Å². The third kappa shape index (κ3) is 5.70. The van der Waals surface area contributed by atoms with E-state index in [-0.39, 0.29) is 24.3 Å². The van der Waals surface area contributed by atoms with Gasteiger partial charge in [0.25, 0.3) is 11.2 Å². The molecule has 1 atom stereocenters. The Labute approximate surface area is 143 Å². The van der Waals surface area contributed by atoms with Gasteiger partial charge in [-0.25, -0.2) is 0 Å². The van der Waals surface area contributed by atoms with Gasteiger partial charge < -0.3 is 15.0 Å². The zero-order chi connectivity index (χ0) is 18.2. The highest BCUT2D eigenvalue weighted by Crippen LogP contribution is 2.12. The summed E-state index contributed by atoms with van der Waals surface area (Å²) in [6, 6.07) is 10.4. The lowest BCUT2D eigenvalue weighted by Gasteiger charge is -2.12. The Hall–Kier alpha value is -3.26. The SMILES string of the molecule is O=C(/C=C/c1ccc([N+](=O)[O-])cc1)NCC(O)Cn1ccccc1=O. The highest BCUT2D eigenvalue weighted by molar-refractivity contribution is 5.91. The van der Waals surface area contributed by atoms with Crippen LogP contribution in [0.5, 0.6) is 0 Å². The van der Waals surface area contributed by atoms with E-state index in [1.54, 1.807) is 18.3 Å². The zero-order valence-electron chi connectivity index (χ0n) is 13.2. The van der Waals surface area contributed by atoms with E-state index in [4.69, 9.17) is 0 Å². The maximum Gasteiger partial charge on any atom is 0.269 e. The van der Waals surface area contributed by atoms with Gasteiger partial charge in [-0.3, -0.25) is 19.7 Å². The number of carbonyl (C=O) groups is 1. The molecule has 130 valence electrons. The normalized spacial score (nSPS) is 12.0. The number of amides is 1. The molecule has 1 unspecified atom stereocenters. The van der Waals surface area contributed by atoms with Gasteiger partial charge in [-0.1, -0.05) is 6.07 Å². The molecular formula is C17H17N3O5. The van der Waals surface area contributed by atoms with E-state index < -0.39 is 16.9 Å². The second-order valence-corrected chi connectivity index (χ2v) is 5.27. The van der Waals surface area contributed by atoms with E-state index in [2.05, 4.69) is 5.32 Å². The van der Waals surface area contributed by atoms with Crippen molar-refractivity contribution in [2.45, 2.75) is 12.6 Å². The number of pyridine rings is 1. The van der Waals surface area contributed by atoms with Crippen molar-refractivity contribution in [3.63, 3.8) is 0 Å². The highest BCUT2D eigenvalue weighted by atomic mass is 16.6. The molecule has 0 fully saturated rings. The zero-order valence-corrected chi connectivity index (χ0v) is 13.2. The number of nitro groups is 1. The summed E-state index contributed by atoms with van der Waals surface area (Å²) in [5.41, 5.74) is 0.379. The summed E-state index contributed by atoms with van der Waals surface area (Å²) < 4.78 is 1.35. The molecule has 2 rings (SSSR count). The Morgan fingerprint density at radius 2 is 2.00 bits per heavy atom. The van der Waals surface area contributed by atoms with Crippen LogP contribution < -0.4 is 10.9 Å². The van der Waals surface area contributed by atoms with E-state index in [1.165, 1.54) is 47.1 Å². The fraction of sp³-hybridized carbons (Fsp3) is 0.176. The van der Waals surface area contributed by atoms with Crippen LogP contribution in [0.2, 0.25) is 0 Å². The van der Waals surface area contributed by atoms with Gasteiger partial charge in [-0.15, -0.1) is 0 Å². The fourth-order valence-corrected chi connectivity index (χ4v) is 2.06. The largest absolute Gasteiger partial charge is 0.389 e. The molecule has 0 saturated carbocycles. The topological polar surface area (TPSA) is 114 Å². The standard InChI is InChI=1S/C17H17N3O5/c21-15(12-19-10-2-1-3-17(19)23)11-18-16(22)9-6-13-4-7-14(8-5-13)20(24)25/h1-10,15,21H,11-12H2,(H,18,22)/b9-6+. The Balaban J connectivity index is 1.82. The number of nitrogens with one attached hydrogen (secondary N) is 1. The molecule has 0 aliphatic heterocycles. The smallest absolute Gasteiger partial charge is 0.269 e. The fourth-order valence-electron chi connectivity index (χ4n) is 2.06. The number of non-ortho nitro benzene ring substituents is 1. The number of rotatable bonds is 7. The van der Waals surface area contributed by atoms with E-state index in [0.717, 1.165) is 0 Å². The third-order valence-electron chi connectivity index (χ3n) is 3.35. The van der Waals surface area contributed by atoms with Crippen LogP contribution >= 0.6 is 0 Å². The van der Waals surface area contributed by atoms with Crippen molar-refractivity contribution in [1.82, 2.24) is 9.88 Å². The van der Waals surface area contributed by atoms with E-state index in [9.17, 15) is 24.8 Å². The van der Waals surface area contributed by atoms with Crippen LogP contribution in [0.25, 0.3) is 6.08 Å². The summed E-state index contributed by atoms with van der Waals surface area (Å²) in [4.78, 5) is 33.3. The van der Waals surface area contributed by atoms with Crippen LogP contribution in [0.1, 0.15) is 5.56 Å². The van der Waals surface area contributed by atoms with Gasteiger partial charge >= 0.3 is 0 Å². The summed E-state index contributed by atoms with van der Waals surface area (Å²) in [5.74, 6) is -0.419. The van der Waals surface area contributed by atoms with Gasteiger partial charge in [0, 0.05) is 37.0 Å². The number of aliphatic hydroxyl groups is 1. The molecule has 8 heteroatoms. The van der Waals surface area contributed by atoms with Crippen molar-refractivity contribution in [2.24, 2.45) is 0 Å². The first kappa shape index (κ1) is 18.1. The Bertz CT molecular complexity index is 827. The predicted octanol–water partition coefficient (Wildman–Crippen LogP) is 0.947. The number of aliphatic hydroxyl groups excluding tert-OH is 1. The lowest BCUT2D eigenvalue weighted by molar-refractivity contribution is -0.384. The maximum atomic E-state index is 11.7. The Morgan fingerprint density at radius 1 is 1.28 bits per heavy atom. The molecule has 0 bridgehead atoms. The molecule has 1 aromatic heterocycles. The second kappa shape index (κ2) is 8.55. The van der Waals surface area contributed by atoms with Gasteiger partial charge in [-0.2, -0.15) is 0 Å². The molecular weight excluding hydrogens is 326 g/mol. The van der Waals surface area contributed by atoms with Gasteiger partial charge in [0.2, 0.25) is 5.91 Å². The molecule has 0 saturated heterocycles. The lowest BCUT2D eigenvalue weighted by Crippen LogP contribution is -2.35. The van der Waals surface area contributed by atoms with Gasteiger partial charge in [0.1, 0.15) is 0 Å². The molecule has 0 aliphatic rings. The summed E-state index contributed by atoms with van der Waals surface area (Å²) in [7, 11) is 0. The molecule has 1 amide bonds. The first-order valence-electron chi connectivity index (χ1n) is 7.49. The van der Waals surface area contributed by atoms with Gasteiger partial charge in [0.05, 0.1) is 17.6 Å². The number of nitro benzene ring substituents is 1. The monoisotopic (exact) mass is 343 g/mol. The van der Waals surface area contributed by atoms with Crippen molar-refractivity contribution >= 4 is 17.7 Å². The van der Waals surface area contributed by atoms with E-state index in [1.807, 2.05) is 0 Å². The average Bonchev–Trinajstić information content (AvgIpc) is 2.60. The summed E-state index contributed by atoms with van der Waals surface area (Å²) in [6.45, 7) is 0.0663. The van der Waals surface area contributed by atoms with Crippen LogP contribution in [-0.4, -0.2) is 33.2 Å². The van der Waals surface area contributed by atoms with Crippen molar-refractivity contribution in [1.29, 1.82) is 0 Å². The molecule has 2 N–H and O–H groups in total. The maximum absolute atomic E-state index is 11.7. The Kier molecular flexibility index (Phi) is 6.19. The predicted molar refractivity (Wildman–Crippen MR) is 91.8 cm³/mol. The number of benzene rings is 1. The van der Waals surface area contributed by atoms with E-state index >= 15 is 0 Å². The summed E-state index contributed by atoms with van der Waals surface area (Å²) >= 11 is 0.